The SMILES string of the molecule is [O]=[Ti]([O]C1=CCCCC1)([O]C1=CCCCC1)([C]1=CCCCC1)[C]1=CCCCC1. The van der Waals surface area contributed by atoms with Gasteiger partial charge >= 0.3 is 172 Å². The third kappa shape index (κ3) is 4.16. The first-order valence-electron chi connectivity index (χ1n) is 11.7. The molecule has 0 atom stereocenters. The Balaban J connectivity index is 1.83. The van der Waals surface area contributed by atoms with Gasteiger partial charge in [-0.1, -0.05) is 0 Å². The van der Waals surface area contributed by atoms with E-state index in [0.717, 1.165) is 96.3 Å². The molecule has 0 heterocycles. The summed E-state index contributed by atoms with van der Waals surface area (Å²) in [5, 5.41) is 0. The molecule has 4 aliphatic carbocycles. The maximum atomic E-state index is 15.5. The Hall–Kier alpha value is -0.926. The number of hydrogen-bond acceptors (Lipinski definition) is 3. The van der Waals surface area contributed by atoms with Crippen LogP contribution < -0.4 is 0 Å². The van der Waals surface area contributed by atoms with Gasteiger partial charge in [0.2, 0.25) is 0 Å². The summed E-state index contributed by atoms with van der Waals surface area (Å²) in [6, 6.07) is 0. The van der Waals surface area contributed by atoms with Gasteiger partial charge in [0.1, 0.15) is 0 Å². The van der Waals surface area contributed by atoms with Crippen LogP contribution in [0.2, 0.25) is 0 Å². The minimum absolute atomic E-state index is 0.860. The quantitative estimate of drug-likeness (QED) is 0.413. The molecule has 0 aliphatic heterocycles. The van der Waals surface area contributed by atoms with Gasteiger partial charge in [-0.05, 0) is 0 Å². The fourth-order valence-corrected chi connectivity index (χ4v) is 12.3. The third-order valence-corrected chi connectivity index (χ3v) is 13.7. The van der Waals surface area contributed by atoms with Gasteiger partial charge in [-0.15, -0.1) is 0 Å². The van der Waals surface area contributed by atoms with Gasteiger partial charge in [0.15, 0.2) is 0 Å². The molecule has 0 saturated carbocycles. The van der Waals surface area contributed by atoms with Crippen LogP contribution >= 0.6 is 0 Å². The van der Waals surface area contributed by atoms with Crippen LogP contribution in [0.25, 0.3) is 0 Å². The Morgan fingerprint density at radius 3 is 1.25 bits per heavy atom. The van der Waals surface area contributed by atoms with E-state index in [1.165, 1.54) is 25.7 Å². The zero-order valence-corrected chi connectivity index (χ0v) is 18.9. The van der Waals surface area contributed by atoms with Gasteiger partial charge < -0.3 is 0 Å². The van der Waals surface area contributed by atoms with Crippen LogP contribution in [-0.4, -0.2) is 0 Å². The Morgan fingerprint density at radius 1 is 0.536 bits per heavy atom. The van der Waals surface area contributed by atoms with E-state index in [1.54, 1.807) is 0 Å². The van der Waals surface area contributed by atoms with Crippen LogP contribution in [0.4, 0.5) is 0 Å². The Morgan fingerprint density at radius 2 is 0.929 bits per heavy atom. The fourth-order valence-electron chi connectivity index (χ4n) is 5.23. The van der Waals surface area contributed by atoms with E-state index in [-0.39, 0.29) is 0 Å². The van der Waals surface area contributed by atoms with Crippen molar-refractivity contribution in [1.29, 1.82) is 0 Å². The Bertz CT molecular complexity index is 705. The van der Waals surface area contributed by atoms with Crippen molar-refractivity contribution in [3.63, 3.8) is 0 Å². The molecule has 0 aromatic rings. The zero-order chi connectivity index (χ0) is 19.3. The van der Waals surface area contributed by atoms with E-state index in [1.807, 2.05) is 0 Å². The molecule has 0 aromatic heterocycles. The third-order valence-electron chi connectivity index (χ3n) is 6.82. The van der Waals surface area contributed by atoms with Crippen LogP contribution in [0.3, 0.4) is 0 Å². The molecule has 0 amide bonds. The van der Waals surface area contributed by atoms with Crippen molar-refractivity contribution in [2.45, 2.75) is 103 Å². The second kappa shape index (κ2) is 8.84. The van der Waals surface area contributed by atoms with Crippen molar-refractivity contribution in [1.82, 2.24) is 0 Å². The predicted molar refractivity (Wildman–Crippen MR) is 109 cm³/mol. The van der Waals surface area contributed by atoms with Crippen molar-refractivity contribution in [2.24, 2.45) is 0 Å². The summed E-state index contributed by atoms with van der Waals surface area (Å²) < 4.78 is 31.0. The molecule has 0 unspecified atom stereocenters. The topological polar surface area (TPSA) is 35.5 Å². The zero-order valence-electron chi connectivity index (χ0n) is 17.3. The van der Waals surface area contributed by atoms with Gasteiger partial charge in [0.05, 0.1) is 0 Å². The van der Waals surface area contributed by atoms with Gasteiger partial charge in [0.25, 0.3) is 0 Å². The minimum atomic E-state index is -5.25. The molecular formula is C24H36O3Ti. The Labute approximate surface area is 172 Å². The Kier molecular flexibility index (Phi) is 6.42. The summed E-state index contributed by atoms with van der Waals surface area (Å²) in [6.45, 7) is 0. The van der Waals surface area contributed by atoms with Crippen molar-refractivity contribution in [3.05, 3.63) is 43.6 Å². The van der Waals surface area contributed by atoms with Crippen LogP contribution in [0, 0.1) is 0 Å². The van der Waals surface area contributed by atoms with Crippen LogP contribution in [-0.2, 0) is 26.0 Å². The fraction of sp³-hybridized carbons (Fsp3) is 0.667. The first kappa shape index (κ1) is 20.4. The summed E-state index contributed by atoms with van der Waals surface area (Å²) in [7, 11) is 0. The van der Waals surface area contributed by atoms with Crippen molar-refractivity contribution >= 4 is 0 Å². The molecule has 4 aliphatic rings. The average molecular weight is 420 g/mol. The molecule has 0 spiro atoms. The first-order chi connectivity index (χ1) is 13.7. The van der Waals surface area contributed by atoms with E-state index in [0.29, 0.717) is 0 Å². The van der Waals surface area contributed by atoms with E-state index >= 15 is 3.32 Å². The molecule has 0 saturated heterocycles. The van der Waals surface area contributed by atoms with E-state index in [4.69, 9.17) is 6.64 Å². The van der Waals surface area contributed by atoms with Crippen molar-refractivity contribution < 1.29 is 26.0 Å². The molecule has 0 bridgehead atoms. The summed E-state index contributed by atoms with van der Waals surface area (Å²) in [5.74, 6) is 1.85. The monoisotopic (exact) mass is 420 g/mol. The van der Waals surface area contributed by atoms with Gasteiger partial charge in [-0.3, -0.25) is 0 Å². The second-order valence-corrected chi connectivity index (χ2v) is 14.7. The van der Waals surface area contributed by atoms with Gasteiger partial charge in [0, 0.05) is 0 Å². The number of allylic oxidation sites excluding steroid dienone is 8. The average Bonchev–Trinajstić information content (AvgIpc) is 2.76. The van der Waals surface area contributed by atoms with Crippen LogP contribution in [0.5, 0.6) is 0 Å². The molecule has 154 valence electrons. The first-order valence-corrected chi connectivity index (χ1v) is 15.2. The van der Waals surface area contributed by atoms with E-state index in [2.05, 4.69) is 24.3 Å². The van der Waals surface area contributed by atoms with Gasteiger partial charge in [-0.25, -0.2) is 0 Å². The van der Waals surface area contributed by atoms with Crippen molar-refractivity contribution in [3.8, 4) is 0 Å². The summed E-state index contributed by atoms with van der Waals surface area (Å²) >= 11 is -5.25. The molecule has 4 heteroatoms. The molecule has 3 nitrogen and oxygen atoms in total. The summed E-state index contributed by atoms with van der Waals surface area (Å²) in [5.41, 5.74) is 0. The maximum absolute atomic E-state index is 15.5. The second-order valence-electron chi connectivity index (χ2n) is 8.97. The molecular weight excluding hydrogens is 384 g/mol. The number of rotatable bonds is 6. The van der Waals surface area contributed by atoms with Crippen LogP contribution in [0.15, 0.2) is 43.6 Å². The summed E-state index contributed by atoms with van der Waals surface area (Å²) in [4.78, 5) is 0. The van der Waals surface area contributed by atoms with Crippen LogP contribution in [0.1, 0.15) is 103 Å². The van der Waals surface area contributed by atoms with E-state index in [9.17, 15) is 0 Å². The van der Waals surface area contributed by atoms with E-state index < -0.39 is 16.1 Å². The summed E-state index contributed by atoms with van der Waals surface area (Å²) in [6.07, 6.45) is 25.5. The molecule has 0 aromatic carbocycles. The normalized spacial score (nSPS) is 24.5. The molecule has 0 radical (unpaired) electrons. The number of hydrogen-bond donors (Lipinski definition) is 0. The van der Waals surface area contributed by atoms with Gasteiger partial charge in [-0.2, -0.15) is 0 Å². The molecule has 28 heavy (non-hydrogen) atoms. The standard InChI is InChI=1S/2C6H10O.2C6H9.O.Ti/c2*7-6-4-2-1-3-5-6;2*1-2-4-6-5-3-1;;/h2*4,7H,1-3,5H2;2*1H,2,4-6H2;;/q;;;;;+2/p-2. The predicted octanol–water partition coefficient (Wildman–Crippen LogP) is 7.72. The molecule has 4 rings (SSSR count). The van der Waals surface area contributed by atoms with Crippen molar-refractivity contribution in [2.75, 3.05) is 0 Å². The molecule has 0 N–H and O–H groups in total. The molecule has 0 fully saturated rings.